The lowest BCUT2D eigenvalue weighted by Crippen LogP contribution is -2.15. The highest BCUT2D eigenvalue weighted by Gasteiger charge is 2.15. The highest BCUT2D eigenvalue weighted by molar-refractivity contribution is 5.86. The number of aromatic nitrogens is 3. The number of ether oxygens (including phenoxy) is 2. The minimum Gasteiger partial charge on any atom is -0.486 e. The van der Waals surface area contributed by atoms with Crippen LogP contribution in [0.3, 0.4) is 0 Å². The average Bonchev–Trinajstić information content (AvgIpc) is 3.42. The van der Waals surface area contributed by atoms with Crippen molar-refractivity contribution in [1.29, 1.82) is 0 Å². The second-order valence-corrected chi connectivity index (χ2v) is 7.00. The molecule has 2 aliphatic rings. The normalized spacial score (nSPS) is 14.2. The molecule has 0 fully saturated rings. The number of nitrogens with zero attached hydrogens (tertiary/aromatic N) is 4. The molecule has 0 aliphatic carbocycles. The molecule has 142 valence electrons. The van der Waals surface area contributed by atoms with E-state index < -0.39 is 0 Å². The number of benzene rings is 2. The van der Waals surface area contributed by atoms with E-state index in [-0.39, 0.29) is 0 Å². The van der Waals surface area contributed by atoms with Crippen LogP contribution in [0, 0.1) is 0 Å². The van der Waals surface area contributed by atoms with Gasteiger partial charge in [0.25, 0.3) is 0 Å². The number of anilines is 2. The average molecular weight is 383 g/mol. The summed E-state index contributed by atoms with van der Waals surface area (Å²) in [5.74, 6) is 2.17. The summed E-state index contributed by atoms with van der Waals surface area (Å²) in [5, 5.41) is 3.39. The van der Waals surface area contributed by atoms with Crippen molar-refractivity contribution in [2.24, 2.45) is 4.99 Å². The molecular formula is C22H17N5O2. The van der Waals surface area contributed by atoms with Gasteiger partial charge in [0.2, 0.25) is 0 Å². The van der Waals surface area contributed by atoms with Gasteiger partial charge in [-0.3, -0.25) is 4.99 Å². The van der Waals surface area contributed by atoms with E-state index >= 15 is 0 Å². The summed E-state index contributed by atoms with van der Waals surface area (Å²) in [7, 11) is 0. The van der Waals surface area contributed by atoms with E-state index in [4.69, 9.17) is 14.5 Å². The maximum atomic E-state index is 5.69. The first-order valence-corrected chi connectivity index (χ1v) is 9.47. The van der Waals surface area contributed by atoms with Gasteiger partial charge < -0.3 is 19.2 Å². The Morgan fingerprint density at radius 2 is 1.93 bits per heavy atom. The Morgan fingerprint density at radius 1 is 1.00 bits per heavy atom. The van der Waals surface area contributed by atoms with Gasteiger partial charge in [0, 0.05) is 42.1 Å². The molecule has 1 N–H and O–H groups in total. The lowest BCUT2D eigenvalue weighted by atomic mass is 10.0. The van der Waals surface area contributed by atoms with Gasteiger partial charge in [-0.05, 0) is 29.3 Å². The van der Waals surface area contributed by atoms with Gasteiger partial charge in [0.05, 0.1) is 12.2 Å². The van der Waals surface area contributed by atoms with E-state index in [9.17, 15) is 0 Å². The highest BCUT2D eigenvalue weighted by Crippen LogP contribution is 2.34. The third kappa shape index (κ3) is 2.79. The third-order valence-corrected chi connectivity index (χ3v) is 5.11. The minimum atomic E-state index is 0.552. The maximum Gasteiger partial charge on any atom is 0.180 e. The summed E-state index contributed by atoms with van der Waals surface area (Å²) in [6.07, 6.45) is 7.60. The molecule has 2 aromatic heterocycles. The minimum absolute atomic E-state index is 0.552. The highest BCUT2D eigenvalue weighted by atomic mass is 16.6. The number of aliphatic imine (C=N–C) groups is 1. The number of rotatable bonds is 3. The van der Waals surface area contributed by atoms with Gasteiger partial charge in [0.1, 0.15) is 13.2 Å². The van der Waals surface area contributed by atoms with Crippen LogP contribution >= 0.6 is 0 Å². The topological polar surface area (TPSA) is 73.0 Å². The fourth-order valence-corrected chi connectivity index (χ4v) is 3.68. The van der Waals surface area contributed by atoms with Gasteiger partial charge in [0.15, 0.2) is 23.0 Å². The van der Waals surface area contributed by atoms with Crippen LogP contribution < -0.4 is 14.8 Å². The van der Waals surface area contributed by atoms with E-state index in [1.54, 1.807) is 6.20 Å². The first-order chi connectivity index (χ1) is 14.3. The molecule has 2 aliphatic heterocycles. The summed E-state index contributed by atoms with van der Waals surface area (Å²) in [4.78, 5) is 13.7. The zero-order valence-corrected chi connectivity index (χ0v) is 15.5. The van der Waals surface area contributed by atoms with Gasteiger partial charge in [-0.15, -0.1) is 0 Å². The fourth-order valence-electron chi connectivity index (χ4n) is 3.68. The van der Waals surface area contributed by atoms with Crippen molar-refractivity contribution in [3.05, 3.63) is 66.1 Å². The zero-order valence-electron chi connectivity index (χ0n) is 15.5. The molecule has 2 aromatic carbocycles. The molecule has 0 saturated carbocycles. The van der Waals surface area contributed by atoms with Crippen LogP contribution in [0.5, 0.6) is 11.5 Å². The number of nitrogens with one attached hydrogen (secondary N) is 1. The number of hydrogen-bond acceptors (Lipinski definition) is 6. The van der Waals surface area contributed by atoms with E-state index in [2.05, 4.69) is 33.5 Å². The number of imidazole rings is 1. The Bertz CT molecular complexity index is 1280. The Kier molecular flexibility index (Phi) is 3.52. The van der Waals surface area contributed by atoms with E-state index in [0.29, 0.717) is 19.0 Å². The Hall–Kier alpha value is -3.87. The molecule has 0 spiro atoms. The number of hydrogen-bond donors (Lipinski definition) is 1. The molecule has 0 bridgehead atoms. The van der Waals surface area contributed by atoms with Crippen LogP contribution in [-0.2, 0) is 6.54 Å². The molecule has 29 heavy (non-hydrogen) atoms. The van der Waals surface area contributed by atoms with E-state index in [0.717, 1.165) is 40.6 Å². The Labute approximate surface area is 166 Å². The summed E-state index contributed by atoms with van der Waals surface area (Å²) in [5.41, 5.74) is 5.93. The van der Waals surface area contributed by atoms with Crippen molar-refractivity contribution in [1.82, 2.24) is 14.4 Å². The monoisotopic (exact) mass is 383 g/mol. The van der Waals surface area contributed by atoms with Crippen LogP contribution in [0.4, 0.5) is 11.5 Å². The fraction of sp³-hybridized carbons (Fsp3) is 0.136. The van der Waals surface area contributed by atoms with Crippen molar-refractivity contribution in [2.45, 2.75) is 6.54 Å². The maximum absolute atomic E-state index is 5.69. The van der Waals surface area contributed by atoms with Gasteiger partial charge >= 0.3 is 0 Å². The quantitative estimate of drug-likeness (QED) is 0.582. The standard InChI is InChI=1S/C22H17N5O2/c1-2-15-11-23-12-16(15)9-14(1)18-13-27-6-5-24-22(27)21(26-18)25-17-3-4-19-20(10-17)29-8-7-28-19/h1-6,9-11,13H,7-8,12H2,(H,25,26). The van der Waals surface area contributed by atoms with Crippen molar-refractivity contribution in [3.8, 4) is 22.8 Å². The van der Waals surface area contributed by atoms with Gasteiger partial charge in [-0.2, -0.15) is 0 Å². The molecule has 7 heteroatoms. The molecule has 7 nitrogen and oxygen atoms in total. The SMILES string of the molecule is C1=NCc2cc(-c3cn4ccnc4c(Nc4ccc5c(c4)OCCO5)n3)ccc21. The van der Waals surface area contributed by atoms with Crippen LogP contribution in [0.15, 0.2) is 60.0 Å². The van der Waals surface area contributed by atoms with Crippen molar-refractivity contribution < 1.29 is 9.47 Å². The summed E-state index contributed by atoms with van der Waals surface area (Å²) in [6, 6.07) is 12.1. The van der Waals surface area contributed by atoms with Crippen molar-refractivity contribution in [2.75, 3.05) is 18.5 Å². The Balaban J connectivity index is 1.41. The van der Waals surface area contributed by atoms with Crippen molar-refractivity contribution >= 4 is 23.4 Å². The molecule has 4 heterocycles. The predicted molar refractivity (Wildman–Crippen MR) is 110 cm³/mol. The second kappa shape index (κ2) is 6.34. The zero-order chi connectivity index (χ0) is 19.2. The summed E-state index contributed by atoms with van der Waals surface area (Å²) in [6.45, 7) is 1.85. The molecule has 6 rings (SSSR count). The molecule has 0 atom stereocenters. The molecule has 0 unspecified atom stereocenters. The lowest BCUT2D eigenvalue weighted by Gasteiger charge is -2.19. The molecular weight excluding hydrogens is 366 g/mol. The molecule has 0 amide bonds. The lowest BCUT2D eigenvalue weighted by molar-refractivity contribution is 0.171. The molecule has 0 saturated heterocycles. The predicted octanol–water partition coefficient (Wildman–Crippen LogP) is 3.84. The molecule has 4 aromatic rings. The van der Waals surface area contributed by atoms with Crippen molar-refractivity contribution in [3.63, 3.8) is 0 Å². The van der Waals surface area contributed by atoms with E-state index in [1.807, 2.05) is 41.2 Å². The van der Waals surface area contributed by atoms with E-state index in [1.165, 1.54) is 11.1 Å². The largest absolute Gasteiger partial charge is 0.486 e. The first-order valence-electron chi connectivity index (χ1n) is 9.47. The van der Waals surface area contributed by atoms with Crippen LogP contribution in [0.25, 0.3) is 16.9 Å². The Morgan fingerprint density at radius 3 is 2.90 bits per heavy atom. The summed E-state index contributed by atoms with van der Waals surface area (Å²) < 4.78 is 13.3. The second-order valence-electron chi connectivity index (χ2n) is 7.00. The van der Waals surface area contributed by atoms with Crippen LogP contribution in [0.2, 0.25) is 0 Å². The third-order valence-electron chi connectivity index (χ3n) is 5.11. The van der Waals surface area contributed by atoms with Crippen LogP contribution in [0.1, 0.15) is 11.1 Å². The number of fused-ring (bicyclic) bond motifs is 3. The smallest absolute Gasteiger partial charge is 0.180 e. The molecule has 0 radical (unpaired) electrons. The van der Waals surface area contributed by atoms with Gasteiger partial charge in [-0.1, -0.05) is 12.1 Å². The van der Waals surface area contributed by atoms with Crippen LogP contribution in [-0.4, -0.2) is 33.8 Å². The first kappa shape index (κ1) is 16.1. The van der Waals surface area contributed by atoms with Gasteiger partial charge in [-0.25, -0.2) is 9.97 Å². The summed E-state index contributed by atoms with van der Waals surface area (Å²) >= 11 is 0.